The minimum atomic E-state index is -0.622. The van der Waals surface area contributed by atoms with Gasteiger partial charge in [-0.1, -0.05) is 12.1 Å². The summed E-state index contributed by atoms with van der Waals surface area (Å²) in [6, 6.07) is 9.83. The summed E-state index contributed by atoms with van der Waals surface area (Å²) in [5, 5.41) is 23.1. The van der Waals surface area contributed by atoms with Crippen LogP contribution in [0.1, 0.15) is 10.4 Å². The van der Waals surface area contributed by atoms with Crippen LogP contribution in [-0.2, 0) is 0 Å². The SMILES string of the molecule is CNC(=O)c1ccc([N+](=O)[O-])c(Oc2ccccc2O)c1. The molecule has 0 heterocycles. The smallest absolute Gasteiger partial charge is 0.311 e. The van der Waals surface area contributed by atoms with Crippen molar-refractivity contribution < 1.29 is 19.6 Å². The molecule has 0 fully saturated rings. The lowest BCUT2D eigenvalue weighted by Crippen LogP contribution is -2.17. The van der Waals surface area contributed by atoms with E-state index in [9.17, 15) is 20.0 Å². The summed E-state index contributed by atoms with van der Waals surface area (Å²) in [5.74, 6) is -0.610. The Morgan fingerprint density at radius 1 is 1.24 bits per heavy atom. The van der Waals surface area contributed by atoms with Gasteiger partial charge in [0.15, 0.2) is 11.5 Å². The Labute approximate surface area is 119 Å². The Morgan fingerprint density at radius 3 is 2.57 bits per heavy atom. The Hall–Kier alpha value is -3.09. The van der Waals surface area contributed by atoms with Crippen molar-refractivity contribution in [2.45, 2.75) is 0 Å². The summed E-state index contributed by atoms with van der Waals surface area (Å²) in [4.78, 5) is 22.0. The Bertz CT molecular complexity index is 700. The molecule has 0 saturated carbocycles. The molecule has 7 heteroatoms. The number of para-hydroxylation sites is 2. The highest BCUT2D eigenvalue weighted by molar-refractivity contribution is 5.94. The fraction of sp³-hybridized carbons (Fsp3) is 0.0714. The number of hydrogen-bond acceptors (Lipinski definition) is 5. The minimum absolute atomic E-state index is 0.0645. The second kappa shape index (κ2) is 5.91. The number of benzene rings is 2. The molecule has 0 aliphatic rings. The number of rotatable bonds is 4. The molecule has 108 valence electrons. The highest BCUT2D eigenvalue weighted by atomic mass is 16.6. The first-order valence-corrected chi connectivity index (χ1v) is 5.99. The summed E-state index contributed by atoms with van der Waals surface area (Å²) in [6.45, 7) is 0. The fourth-order valence-electron chi connectivity index (χ4n) is 1.69. The number of hydrogen-bond donors (Lipinski definition) is 2. The molecule has 0 saturated heterocycles. The zero-order valence-corrected chi connectivity index (χ0v) is 11.1. The van der Waals surface area contributed by atoms with Gasteiger partial charge in [0.05, 0.1) is 4.92 Å². The van der Waals surface area contributed by atoms with Crippen LogP contribution in [0.5, 0.6) is 17.2 Å². The number of nitrogens with one attached hydrogen (secondary N) is 1. The summed E-state index contributed by atoms with van der Waals surface area (Å²) >= 11 is 0. The predicted octanol–water partition coefficient (Wildman–Crippen LogP) is 2.45. The standard InChI is InChI=1S/C14H12N2O5/c1-15-14(18)9-6-7-10(16(19)20)13(8-9)21-12-5-3-2-4-11(12)17/h2-8,17H,1H3,(H,15,18). The summed E-state index contributed by atoms with van der Waals surface area (Å²) in [5.41, 5.74) is -0.0839. The van der Waals surface area contributed by atoms with E-state index in [1.165, 1.54) is 37.4 Å². The van der Waals surface area contributed by atoms with Crippen LogP contribution in [0.2, 0.25) is 0 Å². The van der Waals surface area contributed by atoms with Gasteiger partial charge < -0.3 is 15.2 Å². The third kappa shape index (κ3) is 3.08. The van der Waals surface area contributed by atoms with Crippen LogP contribution in [0.3, 0.4) is 0 Å². The van der Waals surface area contributed by atoms with Crippen LogP contribution < -0.4 is 10.1 Å². The molecule has 1 amide bonds. The van der Waals surface area contributed by atoms with Gasteiger partial charge in [-0.25, -0.2) is 0 Å². The number of nitrogens with zero attached hydrogens (tertiary/aromatic N) is 1. The topological polar surface area (TPSA) is 102 Å². The van der Waals surface area contributed by atoms with E-state index in [1.807, 2.05) is 0 Å². The van der Waals surface area contributed by atoms with Crippen molar-refractivity contribution in [3.8, 4) is 17.2 Å². The lowest BCUT2D eigenvalue weighted by Gasteiger charge is -2.09. The Morgan fingerprint density at radius 2 is 1.95 bits per heavy atom. The van der Waals surface area contributed by atoms with Crippen LogP contribution in [0.15, 0.2) is 42.5 Å². The first kappa shape index (κ1) is 14.3. The summed E-state index contributed by atoms with van der Waals surface area (Å²) in [7, 11) is 1.45. The molecule has 0 aliphatic carbocycles. The first-order valence-electron chi connectivity index (χ1n) is 5.99. The third-order valence-corrected chi connectivity index (χ3v) is 2.73. The number of phenolic OH excluding ortho intramolecular Hbond substituents is 1. The number of carbonyl (C=O) groups is 1. The van der Waals surface area contributed by atoms with Crippen LogP contribution in [-0.4, -0.2) is 23.0 Å². The average Bonchev–Trinajstić information content (AvgIpc) is 2.48. The molecular weight excluding hydrogens is 276 g/mol. The molecule has 0 bridgehead atoms. The van der Waals surface area contributed by atoms with Crippen molar-refractivity contribution >= 4 is 11.6 Å². The quantitative estimate of drug-likeness (QED) is 0.664. The highest BCUT2D eigenvalue weighted by Gasteiger charge is 2.19. The van der Waals surface area contributed by atoms with E-state index >= 15 is 0 Å². The summed E-state index contributed by atoms with van der Waals surface area (Å²) in [6.07, 6.45) is 0. The second-order valence-corrected chi connectivity index (χ2v) is 4.09. The molecule has 0 atom stereocenters. The highest BCUT2D eigenvalue weighted by Crippen LogP contribution is 2.35. The normalized spacial score (nSPS) is 9.95. The molecule has 0 aromatic heterocycles. The van der Waals surface area contributed by atoms with Crippen LogP contribution in [0.25, 0.3) is 0 Å². The van der Waals surface area contributed by atoms with E-state index in [1.54, 1.807) is 12.1 Å². The van der Waals surface area contributed by atoms with Gasteiger partial charge in [0, 0.05) is 24.7 Å². The van der Waals surface area contributed by atoms with E-state index in [-0.39, 0.29) is 28.5 Å². The van der Waals surface area contributed by atoms with Crippen LogP contribution in [0, 0.1) is 10.1 Å². The molecule has 0 unspecified atom stereocenters. The van der Waals surface area contributed by atoms with Crippen molar-refractivity contribution in [1.29, 1.82) is 0 Å². The number of phenols is 1. The van der Waals surface area contributed by atoms with Crippen LogP contribution >= 0.6 is 0 Å². The Kier molecular flexibility index (Phi) is 4.03. The maximum Gasteiger partial charge on any atom is 0.311 e. The number of nitro groups is 1. The molecule has 2 N–H and O–H groups in total. The second-order valence-electron chi connectivity index (χ2n) is 4.09. The molecule has 2 aromatic carbocycles. The molecule has 0 radical (unpaired) electrons. The Balaban J connectivity index is 2.46. The van der Waals surface area contributed by atoms with Gasteiger partial charge in [-0.2, -0.15) is 0 Å². The molecule has 21 heavy (non-hydrogen) atoms. The summed E-state index contributed by atoms with van der Waals surface area (Å²) < 4.78 is 5.37. The molecule has 0 aliphatic heterocycles. The lowest BCUT2D eigenvalue weighted by molar-refractivity contribution is -0.385. The third-order valence-electron chi connectivity index (χ3n) is 2.73. The first-order chi connectivity index (χ1) is 10.0. The van der Waals surface area contributed by atoms with Gasteiger partial charge in [-0.15, -0.1) is 0 Å². The van der Waals surface area contributed by atoms with E-state index in [0.29, 0.717) is 0 Å². The minimum Gasteiger partial charge on any atom is -0.504 e. The van der Waals surface area contributed by atoms with Crippen molar-refractivity contribution in [3.05, 3.63) is 58.1 Å². The van der Waals surface area contributed by atoms with E-state index < -0.39 is 10.8 Å². The van der Waals surface area contributed by atoms with Gasteiger partial charge in [0.2, 0.25) is 5.75 Å². The number of nitro benzene ring substituents is 1. The van der Waals surface area contributed by atoms with Crippen LogP contribution in [0.4, 0.5) is 5.69 Å². The lowest BCUT2D eigenvalue weighted by atomic mass is 10.1. The van der Waals surface area contributed by atoms with E-state index in [4.69, 9.17) is 4.74 Å². The number of carbonyl (C=O) groups excluding carboxylic acids is 1. The van der Waals surface area contributed by atoms with Crippen molar-refractivity contribution in [3.63, 3.8) is 0 Å². The largest absolute Gasteiger partial charge is 0.504 e. The molecule has 2 rings (SSSR count). The van der Waals surface area contributed by atoms with Gasteiger partial charge in [0.1, 0.15) is 0 Å². The molecular formula is C14H12N2O5. The predicted molar refractivity (Wildman–Crippen MR) is 74.7 cm³/mol. The van der Waals surface area contributed by atoms with Gasteiger partial charge in [0.25, 0.3) is 5.91 Å². The van der Waals surface area contributed by atoms with Crippen molar-refractivity contribution in [2.24, 2.45) is 0 Å². The fourth-order valence-corrected chi connectivity index (χ4v) is 1.69. The van der Waals surface area contributed by atoms with E-state index in [2.05, 4.69) is 5.32 Å². The number of amides is 1. The molecule has 7 nitrogen and oxygen atoms in total. The number of aromatic hydroxyl groups is 1. The number of ether oxygens (including phenoxy) is 1. The van der Waals surface area contributed by atoms with E-state index in [0.717, 1.165) is 0 Å². The average molecular weight is 288 g/mol. The molecule has 2 aromatic rings. The van der Waals surface area contributed by atoms with Gasteiger partial charge in [-0.05, 0) is 18.2 Å². The maximum absolute atomic E-state index is 11.6. The monoisotopic (exact) mass is 288 g/mol. The zero-order chi connectivity index (χ0) is 15.4. The molecule has 0 spiro atoms. The van der Waals surface area contributed by atoms with Crippen molar-refractivity contribution in [2.75, 3.05) is 7.05 Å². The van der Waals surface area contributed by atoms with Gasteiger partial charge >= 0.3 is 5.69 Å². The maximum atomic E-state index is 11.6. The zero-order valence-electron chi connectivity index (χ0n) is 11.1. The van der Waals surface area contributed by atoms with Crippen molar-refractivity contribution in [1.82, 2.24) is 5.32 Å². The van der Waals surface area contributed by atoms with Gasteiger partial charge in [-0.3, -0.25) is 14.9 Å².